The number of sulfonamides is 1. The molecule has 6 nitrogen and oxygen atoms in total. The van der Waals surface area contributed by atoms with E-state index in [1.165, 1.54) is 29.3 Å². The molecule has 1 saturated carbocycles. The lowest BCUT2D eigenvalue weighted by Crippen LogP contribution is -2.48. The number of carbonyl (C=O) groups is 1. The monoisotopic (exact) mass is 298 g/mol. The number of hydrogen-bond donors (Lipinski definition) is 0. The summed E-state index contributed by atoms with van der Waals surface area (Å²) in [5.74, 6) is 0.856. The Kier molecular flexibility index (Phi) is 3.66. The third-order valence-corrected chi connectivity index (χ3v) is 5.63. The number of furan rings is 1. The fraction of sp³-hybridized carbons (Fsp3) is 0.615. The molecule has 0 amide bonds. The Balaban J connectivity index is 1.64. The van der Waals surface area contributed by atoms with Gasteiger partial charge in [-0.25, -0.2) is 8.42 Å². The number of carbonyl (C=O) groups excluding carboxylic acids is 1. The highest BCUT2D eigenvalue weighted by Gasteiger charge is 2.32. The molecule has 2 aliphatic rings. The van der Waals surface area contributed by atoms with Gasteiger partial charge in [0.15, 0.2) is 12.0 Å². The molecule has 2 fully saturated rings. The van der Waals surface area contributed by atoms with E-state index in [1.807, 2.05) is 0 Å². The van der Waals surface area contributed by atoms with Crippen LogP contribution in [-0.2, 0) is 10.0 Å². The molecule has 2 heterocycles. The molecule has 1 aromatic heterocycles. The van der Waals surface area contributed by atoms with Crippen molar-refractivity contribution < 1.29 is 17.6 Å². The van der Waals surface area contributed by atoms with Crippen LogP contribution in [0.2, 0.25) is 0 Å². The summed E-state index contributed by atoms with van der Waals surface area (Å²) >= 11 is 0. The van der Waals surface area contributed by atoms with E-state index in [9.17, 15) is 13.2 Å². The van der Waals surface area contributed by atoms with Gasteiger partial charge in [-0.15, -0.1) is 0 Å². The van der Waals surface area contributed by atoms with Gasteiger partial charge in [0, 0.05) is 32.7 Å². The second-order valence-corrected chi connectivity index (χ2v) is 7.29. The molecule has 1 aromatic rings. The van der Waals surface area contributed by atoms with Crippen LogP contribution < -0.4 is 0 Å². The second-order valence-electron chi connectivity index (χ2n) is 5.42. The summed E-state index contributed by atoms with van der Waals surface area (Å²) in [6, 6.07) is 2.72. The van der Waals surface area contributed by atoms with E-state index in [-0.39, 0.29) is 10.9 Å². The molecule has 7 heteroatoms. The maximum absolute atomic E-state index is 12.4. The lowest BCUT2D eigenvalue weighted by molar-refractivity contribution is 0.109. The molecule has 0 atom stereocenters. The van der Waals surface area contributed by atoms with Crippen molar-refractivity contribution in [3.8, 4) is 0 Å². The molecule has 0 N–H and O–H groups in total. The predicted octanol–water partition coefficient (Wildman–Crippen LogP) is 0.808. The summed E-state index contributed by atoms with van der Waals surface area (Å²) in [5, 5.41) is -0.143. The maximum atomic E-state index is 12.4. The first-order valence-electron chi connectivity index (χ1n) is 6.87. The number of rotatable bonds is 5. The molecular formula is C13H18N2O4S. The van der Waals surface area contributed by atoms with Gasteiger partial charge in [-0.05, 0) is 30.9 Å². The summed E-state index contributed by atoms with van der Waals surface area (Å²) in [6.07, 6.45) is 3.12. The average molecular weight is 298 g/mol. The first-order chi connectivity index (χ1) is 9.59. The second kappa shape index (κ2) is 5.31. The third-order valence-electron chi connectivity index (χ3n) is 3.86. The lowest BCUT2D eigenvalue weighted by atomic mass is 10.3. The van der Waals surface area contributed by atoms with Gasteiger partial charge in [-0.2, -0.15) is 4.31 Å². The van der Waals surface area contributed by atoms with Gasteiger partial charge in [0.25, 0.3) is 10.0 Å². The zero-order valence-corrected chi connectivity index (χ0v) is 12.0. The quantitative estimate of drug-likeness (QED) is 0.752. The van der Waals surface area contributed by atoms with E-state index in [0.29, 0.717) is 19.4 Å². The van der Waals surface area contributed by atoms with E-state index in [4.69, 9.17) is 4.42 Å². The summed E-state index contributed by atoms with van der Waals surface area (Å²) in [6.45, 7) is 3.57. The first kappa shape index (κ1) is 13.8. The molecule has 1 aliphatic heterocycles. The van der Waals surface area contributed by atoms with Crippen LogP contribution in [0.15, 0.2) is 21.6 Å². The molecule has 0 bridgehead atoms. The highest BCUT2D eigenvalue weighted by Crippen LogP contribution is 2.30. The van der Waals surface area contributed by atoms with Gasteiger partial charge in [0.05, 0.1) is 0 Å². The fourth-order valence-corrected chi connectivity index (χ4v) is 3.82. The molecule has 1 aliphatic carbocycles. The van der Waals surface area contributed by atoms with E-state index >= 15 is 0 Å². The van der Waals surface area contributed by atoms with Crippen molar-refractivity contribution in [3.63, 3.8) is 0 Å². The molecular weight excluding hydrogens is 280 g/mol. The summed E-state index contributed by atoms with van der Waals surface area (Å²) in [5.41, 5.74) is 0. The molecule has 0 unspecified atom stereocenters. The third kappa shape index (κ3) is 2.79. The maximum Gasteiger partial charge on any atom is 0.276 e. The highest BCUT2D eigenvalue weighted by atomic mass is 32.2. The molecule has 3 rings (SSSR count). The Morgan fingerprint density at radius 2 is 1.90 bits per heavy atom. The summed E-state index contributed by atoms with van der Waals surface area (Å²) in [4.78, 5) is 12.9. The minimum atomic E-state index is -3.61. The zero-order valence-electron chi connectivity index (χ0n) is 11.2. The van der Waals surface area contributed by atoms with Crippen LogP contribution in [0.1, 0.15) is 23.4 Å². The predicted molar refractivity (Wildman–Crippen MR) is 72.0 cm³/mol. The highest BCUT2D eigenvalue weighted by molar-refractivity contribution is 7.89. The summed E-state index contributed by atoms with van der Waals surface area (Å²) in [7, 11) is -3.61. The van der Waals surface area contributed by atoms with Crippen LogP contribution in [0.25, 0.3) is 0 Å². The SMILES string of the molecule is O=Cc1ccc(S(=O)(=O)N2CCN(CC3CC3)CC2)o1. The van der Waals surface area contributed by atoms with Crippen LogP contribution in [0.5, 0.6) is 0 Å². The van der Waals surface area contributed by atoms with E-state index in [1.54, 1.807) is 0 Å². The van der Waals surface area contributed by atoms with Crippen LogP contribution in [0.4, 0.5) is 0 Å². The Labute approximate surface area is 118 Å². The average Bonchev–Trinajstić information content (AvgIpc) is 3.12. The lowest BCUT2D eigenvalue weighted by Gasteiger charge is -2.33. The minimum Gasteiger partial charge on any atom is -0.440 e. The van der Waals surface area contributed by atoms with Crippen molar-refractivity contribution in [1.29, 1.82) is 0 Å². The largest absolute Gasteiger partial charge is 0.440 e. The zero-order chi connectivity index (χ0) is 14.2. The molecule has 20 heavy (non-hydrogen) atoms. The van der Waals surface area contributed by atoms with Gasteiger partial charge in [0.2, 0.25) is 5.09 Å². The molecule has 110 valence electrons. The van der Waals surface area contributed by atoms with Crippen molar-refractivity contribution >= 4 is 16.3 Å². The topological polar surface area (TPSA) is 70.8 Å². The van der Waals surface area contributed by atoms with E-state index in [2.05, 4.69) is 4.90 Å². The summed E-state index contributed by atoms with van der Waals surface area (Å²) < 4.78 is 31.2. The molecule has 1 saturated heterocycles. The molecule has 0 spiro atoms. The number of nitrogens with zero attached hydrogens (tertiary/aromatic N) is 2. The first-order valence-corrected chi connectivity index (χ1v) is 8.31. The Hall–Kier alpha value is -1.18. The smallest absolute Gasteiger partial charge is 0.276 e. The Bertz CT molecular complexity index is 583. The standard InChI is InChI=1S/C13H18N2O4S/c16-10-12-3-4-13(19-12)20(17,18)15-7-5-14(6-8-15)9-11-1-2-11/h3-4,10-11H,1-2,5-9H2. The Morgan fingerprint density at radius 1 is 1.20 bits per heavy atom. The molecule has 0 radical (unpaired) electrons. The van der Waals surface area contributed by atoms with Gasteiger partial charge >= 0.3 is 0 Å². The van der Waals surface area contributed by atoms with Crippen LogP contribution in [0.3, 0.4) is 0 Å². The van der Waals surface area contributed by atoms with Crippen molar-refractivity contribution in [3.05, 3.63) is 17.9 Å². The molecule has 0 aromatic carbocycles. The van der Waals surface area contributed by atoms with Crippen molar-refractivity contribution in [2.45, 2.75) is 17.9 Å². The van der Waals surface area contributed by atoms with Crippen molar-refractivity contribution in [2.75, 3.05) is 32.7 Å². The van der Waals surface area contributed by atoms with Crippen LogP contribution in [-0.4, -0.2) is 56.6 Å². The van der Waals surface area contributed by atoms with Crippen LogP contribution >= 0.6 is 0 Å². The van der Waals surface area contributed by atoms with Crippen LogP contribution in [0, 0.1) is 5.92 Å². The fourth-order valence-electron chi connectivity index (χ4n) is 2.48. The van der Waals surface area contributed by atoms with Gasteiger partial charge in [-0.3, -0.25) is 4.79 Å². The number of hydrogen-bond acceptors (Lipinski definition) is 5. The van der Waals surface area contributed by atoms with E-state index in [0.717, 1.165) is 25.6 Å². The minimum absolute atomic E-state index is 0.0379. The van der Waals surface area contributed by atoms with Gasteiger partial charge in [0.1, 0.15) is 0 Å². The number of aldehydes is 1. The normalized spacial score (nSPS) is 22.0. The Morgan fingerprint density at radius 3 is 2.45 bits per heavy atom. The van der Waals surface area contributed by atoms with Gasteiger partial charge in [-0.1, -0.05) is 0 Å². The van der Waals surface area contributed by atoms with Crippen molar-refractivity contribution in [2.24, 2.45) is 5.92 Å². The van der Waals surface area contributed by atoms with Crippen molar-refractivity contribution in [1.82, 2.24) is 9.21 Å². The van der Waals surface area contributed by atoms with E-state index < -0.39 is 10.0 Å². The number of piperazine rings is 1. The van der Waals surface area contributed by atoms with Gasteiger partial charge < -0.3 is 9.32 Å².